The molecule has 1 heterocycles. The zero-order valence-electron chi connectivity index (χ0n) is 9.81. The van der Waals surface area contributed by atoms with Gasteiger partial charge in [0.15, 0.2) is 0 Å². The standard InChI is InChI=1S/C10H14N2.C2H6/c1-7-5-6-10(8(2)11-4)9(3)12-7;1-2/h5-6,11H,2H2,1,3-4H3;1-2H3. The van der Waals surface area contributed by atoms with Crippen LogP contribution in [0.1, 0.15) is 30.8 Å². The summed E-state index contributed by atoms with van der Waals surface area (Å²) in [5.41, 5.74) is 4.07. The summed E-state index contributed by atoms with van der Waals surface area (Å²) >= 11 is 0. The maximum Gasteiger partial charge on any atom is 0.0468 e. The van der Waals surface area contributed by atoms with E-state index < -0.39 is 0 Å². The number of pyridine rings is 1. The summed E-state index contributed by atoms with van der Waals surface area (Å²) in [6, 6.07) is 4.03. The van der Waals surface area contributed by atoms with Crippen LogP contribution in [0.25, 0.3) is 5.70 Å². The van der Waals surface area contributed by atoms with Gasteiger partial charge in [-0.25, -0.2) is 0 Å². The fourth-order valence-electron chi connectivity index (χ4n) is 1.14. The predicted octanol–water partition coefficient (Wildman–Crippen LogP) is 2.91. The van der Waals surface area contributed by atoms with Crippen LogP contribution >= 0.6 is 0 Å². The zero-order chi connectivity index (χ0) is 11.1. The van der Waals surface area contributed by atoms with Crippen molar-refractivity contribution in [1.82, 2.24) is 10.3 Å². The Balaban J connectivity index is 0.000000791. The molecule has 0 unspecified atom stereocenters. The van der Waals surface area contributed by atoms with Crippen LogP contribution in [0.15, 0.2) is 18.7 Å². The fourth-order valence-corrected chi connectivity index (χ4v) is 1.14. The van der Waals surface area contributed by atoms with Crippen molar-refractivity contribution >= 4 is 5.70 Å². The first kappa shape index (κ1) is 12.7. The maximum absolute atomic E-state index is 4.34. The number of nitrogens with one attached hydrogen (secondary N) is 1. The van der Waals surface area contributed by atoms with Gasteiger partial charge in [-0.2, -0.15) is 0 Å². The second-order valence-corrected chi connectivity index (χ2v) is 2.81. The van der Waals surface area contributed by atoms with Crippen molar-refractivity contribution in [2.45, 2.75) is 27.7 Å². The lowest BCUT2D eigenvalue weighted by molar-refractivity contribution is 1.07. The quantitative estimate of drug-likeness (QED) is 0.779. The molecule has 0 radical (unpaired) electrons. The highest BCUT2D eigenvalue weighted by Crippen LogP contribution is 2.12. The normalized spacial score (nSPS) is 8.64. The molecule has 0 aliphatic rings. The molecular weight excluding hydrogens is 172 g/mol. The summed E-state index contributed by atoms with van der Waals surface area (Å²) in [6.07, 6.45) is 0. The molecule has 0 spiro atoms. The van der Waals surface area contributed by atoms with Gasteiger partial charge >= 0.3 is 0 Å². The van der Waals surface area contributed by atoms with E-state index in [0.29, 0.717) is 0 Å². The minimum atomic E-state index is 0.917. The van der Waals surface area contributed by atoms with Crippen molar-refractivity contribution in [3.05, 3.63) is 35.7 Å². The molecule has 0 saturated carbocycles. The van der Waals surface area contributed by atoms with Gasteiger partial charge in [0.25, 0.3) is 0 Å². The molecule has 1 aromatic heterocycles. The first-order chi connectivity index (χ1) is 6.65. The second-order valence-electron chi connectivity index (χ2n) is 2.81. The van der Waals surface area contributed by atoms with Crippen molar-refractivity contribution in [2.24, 2.45) is 0 Å². The summed E-state index contributed by atoms with van der Waals surface area (Å²) in [5.74, 6) is 0. The van der Waals surface area contributed by atoms with Crippen LogP contribution in [0.4, 0.5) is 0 Å². The van der Waals surface area contributed by atoms with E-state index in [0.717, 1.165) is 22.6 Å². The lowest BCUT2D eigenvalue weighted by atomic mass is 10.1. The van der Waals surface area contributed by atoms with E-state index in [1.54, 1.807) is 0 Å². The van der Waals surface area contributed by atoms with E-state index in [1.807, 2.05) is 46.9 Å². The number of hydrogen-bond acceptors (Lipinski definition) is 2. The van der Waals surface area contributed by atoms with Gasteiger partial charge in [0.2, 0.25) is 0 Å². The van der Waals surface area contributed by atoms with E-state index >= 15 is 0 Å². The second kappa shape index (κ2) is 6.19. The number of hydrogen-bond donors (Lipinski definition) is 1. The molecule has 2 heteroatoms. The number of nitrogens with zero attached hydrogens (tertiary/aromatic N) is 1. The molecule has 14 heavy (non-hydrogen) atoms. The van der Waals surface area contributed by atoms with Crippen LogP contribution in [-0.4, -0.2) is 12.0 Å². The van der Waals surface area contributed by atoms with Crippen LogP contribution in [0.3, 0.4) is 0 Å². The third-order valence-electron chi connectivity index (χ3n) is 1.85. The Kier molecular flexibility index (Phi) is 5.61. The molecule has 0 fully saturated rings. The minimum Gasteiger partial charge on any atom is -0.388 e. The first-order valence-corrected chi connectivity index (χ1v) is 4.96. The van der Waals surface area contributed by atoms with Crippen LogP contribution in [0.5, 0.6) is 0 Å². The molecule has 0 aliphatic heterocycles. The van der Waals surface area contributed by atoms with Crippen LogP contribution in [0, 0.1) is 13.8 Å². The number of aromatic nitrogens is 1. The highest BCUT2D eigenvalue weighted by atomic mass is 14.8. The maximum atomic E-state index is 4.34. The Labute approximate surface area is 87.1 Å². The average Bonchev–Trinajstić information content (AvgIpc) is 2.20. The molecule has 0 atom stereocenters. The third kappa shape index (κ3) is 3.21. The molecule has 2 nitrogen and oxygen atoms in total. The topological polar surface area (TPSA) is 24.9 Å². The molecule has 0 aromatic carbocycles. The van der Waals surface area contributed by atoms with Crippen molar-refractivity contribution in [3.63, 3.8) is 0 Å². The Bertz CT molecular complexity index is 303. The Morgan fingerprint density at radius 2 is 1.86 bits per heavy atom. The van der Waals surface area contributed by atoms with Crippen molar-refractivity contribution in [3.8, 4) is 0 Å². The van der Waals surface area contributed by atoms with Gasteiger partial charge in [0.05, 0.1) is 0 Å². The third-order valence-corrected chi connectivity index (χ3v) is 1.85. The van der Waals surface area contributed by atoms with Gasteiger partial charge in [-0.3, -0.25) is 4.98 Å². The van der Waals surface area contributed by atoms with Crippen LogP contribution in [0.2, 0.25) is 0 Å². The van der Waals surface area contributed by atoms with Crippen molar-refractivity contribution in [1.29, 1.82) is 0 Å². The minimum absolute atomic E-state index is 0.917. The van der Waals surface area contributed by atoms with Crippen LogP contribution < -0.4 is 5.32 Å². The lowest BCUT2D eigenvalue weighted by Crippen LogP contribution is -2.05. The smallest absolute Gasteiger partial charge is 0.0468 e. The summed E-state index contributed by atoms with van der Waals surface area (Å²) < 4.78 is 0. The van der Waals surface area contributed by atoms with Gasteiger partial charge in [-0.15, -0.1) is 0 Å². The molecule has 1 rings (SSSR count). The fraction of sp³-hybridized carbons (Fsp3) is 0.417. The highest BCUT2D eigenvalue weighted by Gasteiger charge is 2.01. The molecule has 78 valence electrons. The first-order valence-electron chi connectivity index (χ1n) is 4.96. The predicted molar refractivity (Wildman–Crippen MR) is 63.2 cm³/mol. The average molecular weight is 192 g/mol. The molecule has 0 bridgehead atoms. The van der Waals surface area contributed by atoms with Crippen LogP contribution in [-0.2, 0) is 0 Å². The van der Waals surface area contributed by atoms with E-state index in [-0.39, 0.29) is 0 Å². The van der Waals surface area contributed by atoms with Crippen molar-refractivity contribution < 1.29 is 0 Å². The van der Waals surface area contributed by atoms with Gasteiger partial charge < -0.3 is 5.32 Å². The van der Waals surface area contributed by atoms with Crippen molar-refractivity contribution in [2.75, 3.05) is 7.05 Å². The highest BCUT2D eigenvalue weighted by molar-refractivity contribution is 5.63. The number of aryl methyl sites for hydroxylation is 2. The van der Waals surface area contributed by atoms with E-state index in [9.17, 15) is 0 Å². The summed E-state index contributed by atoms with van der Waals surface area (Å²) in [5, 5.41) is 3.01. The molecule has 1 N–H and O–H groups in total. The van der Waals surface area contributed by atoms with Gasteiger partial charge in [-0.1, -0.05) is 20.4 Å². The largest absolute Gasteiger partial charge is 0.388 e. The lowest BCUT2D eigenvalue weighted by Gasteiger charge is -2.07. The molecule has 0 saturated heterocycles. The van der Waals surface area contributed by atoms with E-state index in [1.165, 1.54) is 0 Å². The molecule has 0 amide bonds. The summed E-state index contributed by atoms with van der Waals surface area (Å²) in [6.45, 7) is 11.9. The summed E-state index contributed by atoms with van der Waals surface area (Å²) in [4.78, 5) is 4.34. The van der Waals surface area contributed by atoms with E-state index in [2.05, 4.69) is 16.9 Å². The Morgan fingerprint density at radius 1 is 1.29 bits per heavy atom. The molecular formula is C12H20N2. The van der Waals surface area contributed by atoms with Gasteiger partial charge in [0, 0.05) is 29.7 Å². The monoisotopic (exact) mass is 192 g/mol. The molecule has 1 aromatic rings. The molecule has 0 aliphatic carbocycles. The zero-order valence-corrected chi connectivity index (χ0v) is 9.81. The van der Waals surface area contributed by atoms with Gasteiger partial charge in [-0.05, 0) is 26.0 Å². The van der Waals surface area contributed by atoms with Gasteiger partial charge in [0.1, 0.15) is 0 Å². The summed E-state index contributed by atoms with van der Waals surface area (Å²) in [7, 11) is 1.86. The Hall–Kier alpha value is -1.31. The SMILES string of the molecule is C=C(NC)c1ccc(C)nc1C.CC. The number of rotatable bonds is 2. The van der Waals surface area contributed by atoms with E-state index in [4.69, 9.17) is 0 Å². The Morgan fingerprint density at radius 3 is 2.29 bits per heavy atom.